The monoisotopic (exact) mass is 220 g/mol. The zero-order valence-corrected chi connectivity index (χ0v) is 10.4. The molecule has 0 saturated heterocycles. The number of carbonyl (C=O) groups is 1. The van der Waals surface area contributed by atoms with Gasteiger partial charge in [-0.15, -0.1) is 0 Å². The number of carbonyl (C=O) groups excluding carboxylic acids is 1. The van der Waals surface area contributed by atoms with E-state index in [0.717, 1.165) is 16.8 Å². The van der Waals surface area contributed by atoms with Crippen LogP contribution in [0.1, 0.15) is 24.5 Å². The molecule has 0 aromatic heterocycles. The van der Waals surface area contributed by atoms with Crippen molar-refractivity contribution in [2.75, 3.05) is 11.9 Å². The average Bonchev–Trinajstić information content (AvgIpc) is 2.24. The van der Waals surface area contributed by atoms with E-state index < -0.39 is 6.04 Å². The van der Waals surface area contributed by atoms with E-state index in [9.17, 15) is 4.79 Å². The normalized spacial score (nSPS) is 12.3. The lowest BCUT2D eigenvalue weighted by atomic mass is 10.1. The molecule has 1 amide bonds. The van der Waals surface area contributed by atoms with Crippen molar-refractivity contribution < 1.29 is 4.79 Å². The number of hydrogen-bond donors (Lipinski definition) is 1. The number of nitrogens with two attached hydrogens (primary N) is 1. The molecule has 1 aromatic carbocycles. The Balaban J connectivity index is 2.95. The van der Waals surface area contributed by atoms with E-state index in [-0.39, 0.29) is 5.91 Å². The summed E-state index contributed by atoms with van der Waals surface area (Å²) in [4.78, 5) is 13.5. The maximum atomic E-state index is 11.9. The molecular formula is C13H20N2O. The van der Waals surface area contributed by atoms with Crippen molar-refractivity contribution in [3.05, 3.63) is 29.3 Å². The fourth-order valence-electron chi connectivity index (χ4n) is 1.69. The third-order valence-electron chi connectivity index (χ3n) is 2.68. The predicted octanol–water partition coefficient (Wildman–Crippen LogP) is 2.00. The number of aryl methyl sites for hydroxylation is 2. The lowest BCUT2D eigenvalue weighted by molar-refractivity contribution is -0.119. The average molecular weight is 220 g/mol. The molecule has 88 valence electrons. The maximum absolute atomic E-state index is 11.9. The molecule has 0 aliphatic rings. The van der Waals surface area contributed by atoms with Crippen molar-refractivity contribution in [3.63, 3.8) is 0 Å². The number of anilines is 1. The fraction of sp³-hybridized carbons (Fsp3) is 0.462. The summed E-state index contributed by atoms with van der Waals surface area (Å²) in [6.45, 7) is 5.96. The Morgan fingerprint density at radius 2 is 1.81 bits per heavy atom. The van der Waals surface area contributed by atoms with Gasteiger partial charge in [0.05, 0.1) is 6.04 Å². The topological polar surface area (TPSA) is 46.3 Å². The highest BCUT2D eigenvalue weighted by Gasteiger charge is 2.17. The molecule has 1 atom stereocenters. The Kier molecular flexibility index (Phi) is 4.07. The molecule has 1 rings (SSSR count). The molecule has 16 heavy (non-hydrogen) atoms. The van der Waals surface area contributed by atoms with E-state index >= 15 is 0 Å². The number of nitrogens with zero attached hydrogens (tertiary/aromatic N) is 1. The highest BCUT2D eigenvalue weighted by molar-refractivity contribution is 5.96. The van der Waals surface area contributed by atoms with Crippen LogP contribution in [0.4, 0.5) is 5.69 Å². The first kappa shape index (κ1) is 12.7. The van der Waals surface area contributed by atoms with Crippen LogP contribution in [-0.4, -0.2) is 19.0 Å². The van der Waals surface area contributed by atoms with Gasteiger partial charge < -0.3 is 10.6 Å². The van der Waals surface area contributed by atoms with E-state index in [1.54, 1.807) is 11.9 Å². The number of rotatable bonds is 3. The van der Waals surface area contributed by atoms with Crippen LogP contribution in [0.3, 0.4) is 0 Å². The molecule has 3 heteroatoms. The first-order valence-corrected chi connectivity index (χ1v) is 5.57. The molecule has 0 spiro atoms. The van der Waals surface area contributed by atoms with Gasteiger partial charge in [-0.1, -0.05) is 13.0 Å². The quantitative estimate of drug-likeness (QED) is 0.847. The van der Waals surface area contributed by atoms with E-state index in [0.29, 0.717) is 6.42 Å². The van der Waals surface area contributed by atoms with Crippen molar-refractivity contribution in [2.45, 2.75) is 33.2 Å². The first-order chi connectivity index (χ1) is 7.45. The van der Waals surface area contributed by atoms with Gasteiger partial charge in [-0.25, -0.2) is 0 Å². The minimum absolute atomic E-state index is 0.0347. The molecule has 0 aliphatic carbocycles. The molecule has 1 aromatic rings. The van der Waals surface area contributed by atoms with Crippen molar-refractivity contribution in [1.29, 1.82) is 0 Å². The SMILES string of the molecule is CC[C@@H](N)C(=O)N(C)c1cc(C)cc(C)c1. The zero-order valence-electron chi connectivity index (χ0n) is 10.4. The smallest absolute Gasteiger partial charge is 0.243 e. The summed E-state index contributed by atoms with van der Waals surface area (Å²) in [5.41, 5.74) is 8.95. The zero-order chi connectivity index (χ0) is 12.3. The number of benzene rings is 1. The minimum Gasteiger partial charge on any atom is -0.320 e. The van der Waals surface area contributed by atoms with Gasteiger partial charge in [-0.05, 0) is 43.5 Å². The van der Waals surface area contributed by atoms with Gasteiger partial charge in [0.1, 0.15) is 0 Å². The standard InChI is InChI=1S/C13H20N2O/c1-5-12(14)13(16)15(4)11-7-9(2)6-10(3)8-11/h6-8,12H,5,14H2,1-4H3/t12-/m1/s1. The second-order valence-electron chi connectivity index (χ2n) is 4.26. The predicted molar refractivity (Wildman–Crippen MR) is 67.6 cm³/mol. The van der Waals surface area contributed by atoms with E-state index in [1.165, 1.54) is 0 Å². The highest BCUT2D eigenvalue weighted by atomic mass is 16.2. The third-order valence-corrected chi connectivity index (χ3v) is 2.68. The Morgan fingerprint density at radius 3 is 2.25 bits per heavy atom. The summed E-state index contributed by atoms with van der Waals surface area (Å²) < 4.78 is 0. The van der Waals surface area contributed by atoms with E-state index in [1.807, 2.05) is 32.9 Å². The van der Waals surface area contributed by atoms with E-state index in [2.05, 4.69) is 6.07 Å². The molecule has 2 N–H and O–H groups in total. The fourth-order valence-corrected chi connectivity index (χ4v) is 1.69. The van der Waals surface area contributed by atoms with Crippen LogP contribution in [-0.2, 0) is 4.79 Å². The van der Waals surface area contributed by atoms with Gasteiger partial charge in [-0.3, -0.25) is 4.79 Å². The van der Waals surface area contributed by atoms with Crippen LogP contribution in [0.25, 0.3) is 0 Å². The van der Waals surface area contributed by atoms with Crippen LogP contribution in [0.5, 0.6) is 0 Å². The molecule has 0 aliphatic heterocycles. The molecule has 0 heterocycles. The van der Waals surface area contributed by atoms with Crippen LogP contribution < -0.4 is 10.6 Å². The third kappa shape index (κ3) is 2.83. The molecule has 0 saturated carbocycles. The first-order valence-electron chi connectivity index (χ1n) is 5.57. The summed E-state index contributed by atoms with van der Waals surface area (Å²) in [6, 6.07) is 5.66. The number of hydrogen-bond acceptors (Lipinski definition) is 2. The maximum Gasteiger partial charge on any atom is 0.243 e. The van der Waals surface area contributed by atoms with Gasteiger partial charge in [0.2, 0.25) is 5.91 Å². The van der Waals surface area contributed by atoms with Gasteiger partial charge in [-0.2, -0.15) is 0 Å². The number of likely N-dealkylation sites (N-methyl/N-ethyl adjacent to an activating group) is 1. The molecule has 3 nitrogen and oxygen atoms in total. The molecular weight excluding hydrogens is 200 g/mol. The van der Waals surface area contributed by atoms with Crippen molar-refractivity contribution in [1.82, 2.24) is 0 Å². The van der Waals surface area contributed by atoms with Crippen molar-refractivity contribution >= 4 is 11.6 Å². The van der Waals surface area contributed by atoms with Gasteiger partial charge >= 0.3 is 0 Å². The van der Waals surface area contributed by atoms with Gasteiger partial charge in [0.25, 0.3) is 0 Å². The summed E-state index contributed by atoms with van der Waals surface area (Å²) in [6.07, 6.45) is 0.661. The minimum atomic E-state index is -0.411. The lowest BCUT2D eigenvalue weighted by Crippen LogP contribution is -2.41. The summed E-state index contributed by atoms with van der Waals surface area (Å²) in [5, 5.41) is 0. The second kappa shape index (κ2) is 5.12. The summed E-state index contributed by atoms with van der Waals surface area (Å²) >= 11 is 0. The Labute approximate surface area is 97.2 Å². The van der Waals surface area contributed by atoms with Crippen LogP contribution in [0.2, 0.25) is 0 Å². The van der Waals surface area contributed by atoms with Gasteiger partial charge in [0, 0.05) is 12.7 Å². The van der Waals surface area contributed by atoms with Gasteiger partial charge in [0.15, 0.2) is 0 Å². The number of amides is 1. The second-order valence-corrected chi connectivity index (χ2v) is 4.26. The van der Waals surface area contributed by atoms with E-state index in [4.69, 9.17) is 5.73 Å². The molecule has 0 bridgehead atoms. The summed E-state index contributed by atoms with van der Waals surface area (Å²) in [5.74, 6) is -0.0347. The molecule has 0 radical (unpaired) electrons. The Hall–Kier alpha value is -1.35. The molecule has 0 fully saturated rings. The van der Waals surface area contributed by atoms with Crippen LogP contribution in [0.15, 0.2) is 18.2 Å². The van der Waals surface area contributed by atoms with Crippen molar-refractivity contribution in [3.8, 4) is 0 Å². The van der Waals surface area contributed by atoms with Crippen LogP contribution in [0, 0.1) is 13.8 Å². The molecule has 0 unspecified atom stereocenters. The van der Waals surface area contributed by atoms with Crippen molar-refractivity contribution in [2.24, 2.45) is 5.73 Å². The Bertz CT molecular complexity index is 367. The lowest BCUT2D eigenvalue weighted by Gasteiger charge is -2.21. The summed E-state index contributed by atoms with van der Waals surface area (Å²) in [7, 11) is 1.77. The highest BCUT2D eigenvalue weighted by Crippen LogP contribution is 2.18. The van der Waals surface area contributed by atoms with Crippen LogP contribution >= 0.6 is 0 Å². The Morgan fingerprint density at radius 1 is 1.31 bits per heavy atom. The largest absolute Gasteiger partial charge is 0.320 e.